The van der Waals surface area contributed by atoms with Crippen LogP contribution in [-0.2, 0) is 0 Å². The molecule has 0 atom stereocenters. The van der Waals surface area contributed by atoms with Gasteiger partial charge in [0.1, 0.15) is 5.82 Å². The Morgan fingerprint density at radius 1 is 1.08 bits per heavy atom. The van der Waals surface area contributed by atoms with Crippen LogP contribution in [0.4, 0.5) is 4.39 Å². The number of rotatable bonds is 1. The van der Waals surface area contributed by atoms with Crippen molar-refractivity contribution in [2.24, 2.45) is 4.99 Å². The van der Waals surface area contributed by atoms with Gasteiger partial charge in [-0.3, -0.25) is 9.98 Å². The number of halogens is 1. The average molecular weight is 336 g/mol. The van der Waals surface area contributed by atoms with E-state index in [4.69, 9.17) is 4.99 Å². The molecule has 4 heteroatoms. The fourth-order valence-corrected chi connectivity index (χ4v) is 4.03. The lowest BCUT2D eigenvalue weighted by atomic mass is 10.0. The van der Waals surface area contributed by atoms with Crippen molar-refractivity contribution in [2.75, 3.05) is 6.54 Å². The molecule has 0 radical (unpaired) electrons. The van der Waals surface area contributed by atoms with Crippen molar-refractivity contribution in [2.45, 2.75) is 23.5 Å². The number of para-hydroxylation sites is 1. The highest BCUT2D eigenvalue weighted by atomic mass is 32.2. The van der Waals surface area contributed by atoms with E-state index in [9.17, 15) is 4.39 Å². The van der Waals surface area contributed by atoms with E-state index in [1.807, 2.05) is 36.5 Å². The van der Waals surface area contributed by atoms with Crippen molar-refractivity contribution in [1.29, 1.82) is 0 Å². The van der Waals surface area contributed by atoms with E-state index in [0.29, 0.717) is 11.4 Å². The van der Waals surface area contributed by atoms with Crippen LogP contribution >= 0.6 is 11.8 Å². The molecule has 1 aromatic heterocycles. The quantitative estimate of drug-likeness (QED) is 0.618. The second-order valence-corrected chi connectivity index (χ2v) is 8.28. The third kappa shape index (κ3) is 2.71. The van der Waals surface area contributed by atoms with Crippen LogP contribution in [-0.4, -0.2) is 22.0 Å². The number of nitrogens with zero attached hydrogens (tertiary/aromatic N) is 2. The fourth-order valence-electron chi connectivity index (χ4n) is 2.91. The van der Waals surface area contributed by atoms with E-state index in [-0.39, 0.29) is 10.6 Å². The van der Waals surface area contributed by atoms with Gasteiger partial charge in [0.15, 0.2) is 0 Å². The maximum atomic E-state index is 14.4. The minimum absolute atomic E-state index is 0.150. The minimum atomic E-state index is -0.186. The summed E-state index contributed by atoms with van der Waals surface area (Å²) in [6.45, 7) is 4.83. The first-order chi connectivity index (χ1) is 11.5. The molecule has 3 aromatic rings. The molecule has 0 bridgehead atoms. The fraction of sp³-hybridized carbons (Fsp3) is 0.200. The molecular weight excluding hydrogens is 319 g/mol. The van der Waals surface area contributed by atoms with E-state index in [1.165, 1.54) is 6.07 Å². The van der Waals surface area contributed by atoms with Gasteiger partial charge >= 0.3 is 0 Å². The molecule has 120 valence electrons. The molecule has 0 unspecified atom stereocenters. The molecule has 1 aliphatic rings. The number of fused-ring (bicyclic) bond motifs is 2. The monoisotopic (exact) mass is 336 g/mol. The first-order valence-electron chi connectivity index (χ1n) is 7.91. The number of hydrogen-bond donors (Lipinski definition) is 0. The van der Waals surface area contributed by atoms with Crippen molar-refractivity contribution in [3.8, 4) is 0 Å². The molecule has 24 heavy (non-hydrogen) atoms. The lowest BCUT2D eigenvalue weighted by molar-refractivity contribution is 0.599. The highest BCUT2D eigenvalue weighted by Crippen LogP contribution is 2.40. The number of aliphatic imine (C=N–C) groups is 1. The van der Waals surface area contributed by atoms with Crippen LogP contribution in [0.3, 0.4) is 0 Å². The van der Waals surface area contributed by atoms with Gasteiger partial charge in [0.05, 0.1) is 22.7 Å². The Morgan fingerprint density at radius 2 is 1.92 bits per heavy atom. The molecule has 0 spiro atoms. The predicted molar refractivity (Wildman–Crippen MR) is 98.6 cm³/mol. The van der Waals surface area contributed by atoms with E-state index in [0.717, 1.165) is 27.7 Å². The predicted octanol–water partition coefficient (Wildman–Crippen LogP) is 5.10. The van der Waals surface area contributed by atoms with Crippen LogP contribution in [0.1, 0.15) is 25.0 Å². The van der Waals surface area contributed by atoms with Gasteiger partial charge in [-0.15, -0.1) is 11.8 Å². The topological polar surface area (TPSA) is 25.2 Å². The third-order valence-corrected chi connectivity index (χ3v) is 5.38. The Labute approximate surface area is 144 Å². The van der Waals surface area contributed by atoms with Crippen molar-refractivity contribution in [3.63, 3.8) is 0 Å². The van der Waals surface area contributed by atoms with Gasteiger partial charge in [0.2, 0.25) is 0 Å². The molecule has 2 heterocycles. The molecule has 0 aliphatic carbocycles. The summed E-state index contributed by atoms with van der Waals surface area (Å²) in [7, 11) is 0. The maximum Gasteiger partial charge on any atom is 0.137 e. The zero-order valence-electron chi connectivity index (χ0n) is 13.6. The van der Waals surface area contributed by atoms with Crippen LogP contribution in [0.2, 0.25) is 0 Å². The number of hydrogen-bond acceptors (Lipinski definition) is 3. The average Bonchev–Trinajstić information content (AvgIpc) is 2.71. The van der Waals surface area contributed by atoms with E-state index in [1.54, 1.807) is 17.8 Å². The SMILES string of the molecule is CC1(C)CN=C(c2cnc3ccccc3c2)c2cccc(F)c2S1. The highest BCUT2D eigenvalue weighted by molar-refractivity contribution is 8.00. The van der Waals surface area contributed by atoms with Gasteiger partial charge in [-0.25, -0.2) is 4.39 Å². The maximum absolute atomic E-state index is 14.4. The smallest absolute Gasteiger partial charge is 0.137 e. The van der Waals surface area contributed by atoms with Crippen molar-refractivity contribution in [3.05, 3.63) is 71.7 Å². The Morgan fingerprint density at radius 3 is 2.79 bits per heavy atom. The van der Waals surface area contributed by atoms with Crippen LogP contribution in [0, 0.1) is 5.82 Å². The molecule has 0 N–H and O–H groups in total. The van der Waals surface area contributed by atoms with Crippen LogP contribution in [0.25, 0.3) is 10.9 Å². The first-order valence-corrected chi connectivity index (χ1v) is 8.73. The summed E-state index contributed by atoms with van der Waals surface area (Å²) in [4.78, 5) is 10.0. The number of benzene rings is 2. The van der Waals surface area contributed by atoms with E-state index in [2.05, 4.69) is 24.9 Å². The van der Waals surface area contributed by atoms with Gasteiger partial charge in [-0.1, -0.05) is 30.3 Å². The normalized spacial score (nSPS) is 16.4. The first kappa shape index (κ1) is 15.3. The van der Waals surface area contributed by atoms with E-state index >= 15 is 0 Å². The second kappa shape index (κ2) is 5.71. The number of aromatic nitrogens is 1. The zero-order valence-corrected chi connectivity index (χ0v) is 14.4. The lowest BCUT2D eigenvalue weighted by Crippen LogP contribution is -2.18. The largest absolute Gasteiger partial charge is 0.283 e. The Balaban J connectivity index is 1.93. The Hall–Kier alpha value is -2.20. The molecule has 2 aromatic carbocycles. The molecular formula is C20H17FN2S. The van der Waals surface area contributed by atoms with Gasteiger partial charge in [-0.05, 0) is 32.0 Å². The van der Waals surface area contributed by atoms with Gasteiger partial charge in [0.25, 0.3) is 0 Å². The summed E-state index contributed by atoms with van der Waals surface area (Å²) in [6, 6.07) is 15.3. The van der Waals surface area contributed by atoms with Gasteiger partial charge in [-0.2, -0.15) is 0 Å². The molecule has 1 aliphatic heterocycles. The summed E-state index contributed by atoms with van der Waals surface area (Å²) in [5, 5.41) is 1.06. The summed E-state index contributed by atoms with van der Waals surface area (Å²) in [5.74, 6) is -0.186. The van der Waals surface area contributed by atoms with Crippen molar-refractivity contribution < 1.29 is 4.39 Å². The third-order valence-electron chi connectivity index (χ3n) is 4.08. The lowest BCUT2D eigenvalue weighted by Gasteiger charge is -2.20. The van der Waals surface area contributed by atoms with Crippen LogP contribution in [0.5, 0.6) is 0 Å². The van der Waals surface area contributed by atoms with E-state index < -0.39 is 0 Å². The molecule has 4 rings (SSSR count). The van der Waals surface area contributed by atoms with Crippen LogP contribution in [0.15, 0.2) is 64.6 Å². The standard InChI is InChI=1S/C20H17FN2S/c1-20(2)12-23-18(15-7-5-8-16(21)19(15)24-20)14-10-13-6-3-4-9-17(13)22-11-14/h3-11H,12H2,1-2H3. The highest BCUT2D eigenvalue weighted by Gasteiger charge is 2.28. The zero-order chi connectivity index (χ0) is 16.7. The summed E-state index contributed by atoms with van der Waals surface area (Å²) in [5.41, 5.74) is 3.55. The Kier molecular flexibility index (Phi) is 3.65. The summed E-state index contributed by atoms with van der Waals surface area (Å²) >= 11 is 1.55. The van der Waals surface area contributed by atoms with Crippen LogP contribution < -0.4 is 0 Å². The minimum Gasteiger partial charge on any atom is -0.283 e. The molecule has 0 saturated heterocycles. The molecule has 0 amide bonds. The van der Waals surface area contributed by atoms with Crippen molar-refractivity contribution >= 4 is 28.4 Å². The van der Waals surface area contributed by atoms with Gasteiger partial charge < -0.3 is 0 Å². The van der Waals surface area contributed by atoms with Gasteiger partial charge in [0, 0.05) is 27.5 Å². The second-order valence-electron chi connectivity index (χ2n) is 6.56. The number of pyridine rings is 1. The molecule has 0 saturated carbocycles. The summed E-state index contributed by atoms with van der Waals surface area (Å²) in [6.07, 6.45) is 1.83. The summed E-state index contributed by atoms with van der Waals surface area (Å²) < 4.78 is 14.3. The Bertz CT molecular complexity index is 963. The molecule has 0 fully saturated rings. The molecule has 2 nitrogen and oxygen atoms in total. The van der Waals surface area contributed by atoms with Crippen molar-refractivity contribution in [1.82, 2.24) is 4.98 Å². The number of thioether (sulfide) groups is 1.